The van der Waals surface area contributed by atoms with Crippen molar-refractivity contribution < 1.29 is 13.9 Å². The molecule has 0 spiro atoms. The molecule has 0 aliphatic rings. The molecule has 0 bridgehead atoms. The topological polar surface area (TPSA) is 33.1 Å². The Labute approximate surface area is 103 Å². The minimum absolute atomic E-state index is 0.183. The lowest BCUT2D eigenvalue weighted by atomic mass is 10.1. The minimum atomic E-state index is -0.925. The zero-order chi connectivity index (χ0) is 11.7. The average molecular weight is 306 g/mol. The van der Waals surface area contributed by atoms with Gasteiger partial charge in [0.1, 0.15) is 0 Å². The third-order valence-electron chi connectivity index (χ3n) is 2.01. The first kappa shape index (κ1) is 11.6. The van der Waals surface area contributed by atoms with E-state index < -0.39 is 11.6 Å². The van der Waals surface area contributed by atoms with Crippen molar-refractivity contribution in [2.75, 3.05) is 0 Å². The van der Waals surface area contributed by atoms with Crippen molar-refractivity contribution >= 4 is 27.3 Å². The molecule has 84 valence electrons. The zero-order valence-corrected chi connectivity index (χ0v) is 10.3. The van der Waals surface area contributed by atoms with Crippen LogP contribution in [-0.4, -0.2) is 10.1 Å². The SMILES string of the molecule is OCc1sc(Br)nc1-c1ccc(F)c(F)c1. The first-order valence-electron chi connectivity index (χ1n) is 4.33. The average Bonchev–Trinajstić information content (AvgIpc) is 2.63. The number of nitrogens with zero attached hydrogens (tertiary/aromatic N) is 1. The Kier molecular flexibility index (Phi) is 3.32. The Morgan fingerprint density at radius 3 is 2.69 bits per heavy atom. The van der Waals surface area contributed by atoms with Crippen molar-refractivity contribution in [2.45, 2.75) is 6.61 Å². The van der Waals surface area contributed by atoms with Gasteiger partial charge in [-0.2, -0.15) is 0 Å². The van der Waals surface area contributed by atoms with Crippen molar-refractivity contribution in [3.05, 3.63) is 38.6 Å². The Morgan fingerprint density at radius 2 is 2.06 bits per heavy atom. The second-order valence-corrected chi connectivity index (χ2v) is 5.39. The predicted octanol–water partition coefficient (Wildman–Crippen LogP) is 3.34. The van der Waals surface area contributed by atoms with Gasteiger partial charge in [0, 0.05) is 5.56 Å². The summed E-state index contributed by atoms with van der Waals surface area (Å²) < 4.78 is 26.4. The van der Waals surface area contributed by atoms with E-state index in [1.807, 2.05) is 0 Å². The van der Waals surface area contributed by atoms with Crippen molar-refractivity contribution in [1.29, 1.82) is 0 Å². The largest absolute Gasteiger partial charge is 0.391 e. The molecular formula is C10H6BrF2NOS. The highest BCUT2D eigenvalue weighted by Gasteiger charge is 2.13. The lowest BCUT2D eigenvalue weighted by Gasteiger charge is -2.00. The van der Waals surface area contributed by atoms with Crippen LogP contribution in [0.1, 0.15) is 4.88 Å². The summed E-state index contributed by atoms with van der Waals surface area (Å²) in [5.74, 6) is -1.82. The molecule has 0 radical (unpaired) electrons. The van der Waals surface area contributed by atoms with Crippen molar-refractivity contribution in [3.63, 3.8) is 0 Å². The summed E-state index contributed by atoms with van der Waals surface area (Å²) in [5.41, 5.74) is 0.920. The number of hydrogen-bond donors (Lipinski definition) is 1. The molecule has 0 unspecified atom stereocenters. The van der Waals surface area contributed by atoms with Crippen molar-refractivity contribution in [1.82, 2.24) is 4.98 Å². The van der Waals surface area contributed by atoms with Gasteiger partial charge in [-0.05, 0) is 34.1 Å². The van der Waals surface area contributed by atoms with Gasteiger partial charge in [-0.3, -0.25) is 0 Å². The van der Waals surface area contributed by atoms with Crippen LogP contribution in [-0.2, 0) is 6.61 Å². The standard InChI is InChI=1S/C10H6BrF2NOS/c11-10-14-9(8(4-15)16-10)5-1-2-6(12)7(13)3-5/h1-3,15H,4H2. The summed E-state index contributed by atoms with van der Waals surface area (Å²) in [7, 11) is 0. The van der Waals surface area contributed by atoms with E-state index in [2.05, 4.69) is 20.9 Å². The van der Waals surface area contributed by atoms with Gasteiger partial charge in [0.15, 0.2) is 15.6 Å². The van der Waals surface area contributed by atoms with Gasteiger partial charge in [0.25, 0.3) is 0 Å². The molecule has 0 fully saturated rings. The molecule has 1 heterocycles. The number of aromatic nitrogens is 1. The van der Waals surface area contributed by atoms with Crippen LogP contribution in [0.2, 0.25) is 0 Å². The maximum Gasteiger partial charge on any atom is 0.160 e. The lowest BCUT2D eigenvalue weighted by molar-refractivity contribution is 0.286. The highest BCUT2D eigenvalue weighted by Crippen LogP contribution is 2.31. The Hall–Kier alpha value is -0.850. The summed E-state index contributed by atoms with van der Waals surface area (Å²) >= 11 is 4.44. The van der Waals surface area contributed by atoms with E-state index in [0.29, 0.717) is 20.1 Å². The van der Waals surface area contributed by atoms with Crippen LogP contribution < -0.4 is 0 Å². The molecule has 0 saturated heterocycles. The van der Waals surface area contributed by atoms with Crippen LogP contribution in [0.3, 0.4) is 0 Å². The van der Waals surface area contributed by atoms with E-state index in [-0.39, 0.29) is 6.61 Å². The van der Waals surface area contributed by atoms with Gasteiger partial charge in [-0.25, -0.2) is 13.8 Å². The number of aliphatic hydroxyl groups is 1. The van der Waals surface area contributed by atoms with Crippen LogP contribution in [0.5, 0.6) is 0 Å². The number of thiazole rings is 1. The first-order chi connectivity index (χ1) is 7.61. The fourth-order valence-electron chi connectivity index (χ4n) is 1.30. The molecule has 1 aromatic heterocycles. The molecule has 6 heteroatoms. The van der Waals surface area contributed by atoms with E-state index in [1.165, 1.54) is 17.4 Å². The molecule has 1 aromatic carbocycles. The molecule has 0 saturated carbocycles. The number of hydrogen-bond acceptors (Lipinski definition) is 3. The van der Waals surface area contributed by atoms with Crippen molar-refractivity contribution in [3.8, 4) is 11.3 Å². The quantitative estimate of drug-likeness (QED) is 0.923. The highest BCUT2D eigenvalue weighted by molar-refractivity contribution is 9.11. The summed E-state index contributed by atoms with van der Waals surface area (Å²) in [6.07, 6.45) is 0. The molecule has 0 aliphatic heterocycles. The Balaban J connectivity index is 2.53. The molecule has 0 aliphatic carbocycles. The van der Waals surface area contributed by atoms with Crippen LogP contribution in [0.4, 0.5) is 8.78 Å². The minimum Gasteiger partial charge on any atom is -0.391 e. The normalized spacial score (nSPS) is 10.8. The van der Waals surface area contributed by atoms with Crippen LogP contribution >= 0.6 is 27.3 Å². The van der Waals surface area contributed by atoms with Crippen LogP contribution in [0, 0.1) is 11.6 Å². The van der Waals surface area contributed by atoms with Gasteiger partial charge < -0.3 is 5.11 Å². The predicted molar refractivity (Wildman–Crippen MR) is 61.1 cm³/mol. The summed E-state index contributed by atoms with van der Waals surface area (Å²) in [6, 6.07) is 3.54. The monoisotopic (exact) mass is 305 g/mol. The van der Waals surface area contributed by atoms with E-state index in [9.17, 15) is 8.78 Å². The molecule has 2 nitrogen and oxygen atoms in total. The molecule has 0 atom stereocenters. The highest BCUT2D eigenvalue weighted by atomic mass is 79.9. The third-order valence-corrected chi connectivity index (χ3v) is 3.50. The van der Waals surface area contributed by atoms with Gasteiger partial charge in [-0.15, -0.1) is 11.3 Å². The number of halogens is 3. The number of rotatable bonds is 2. The van der Waals surface area contributed by atoms with Crippen LogP contribution in [0.15, 0.2) is 22.1 Å². The third kappa shape index (κ3) is 2.14. The molecule has 1 N–H and O–H groups in total. The Bertz CT molecular complexity index is 530. The Morgan fingerprint density at radius 1 is 1.31 bits per heavy atom. The zero-order valence-electron chi connectivity index (χ0n) is 7.88. The fraction of sp³-hybridized carbons (Fsp3) is 0.100. The molecule has 2 aromatic rings. The van der Waals surface area contributed by atoms with E-state index in [1.54, 1.807) is 0 Å². The van der Waals surface area contributed by atoms with E-state index >= 15 is 0 Å². The van der Waals surface area contributed by atoms with Gasteiger partial charge in [-0.1, -0.05) is 0 Å². The lowest BCUT2D eigenvalue weighted by Crippen LogP contribution is -1.89. The second-order valence-electron chi connectivity index (χ2n) is 3.03. The maximum absolute atomic E-state index is 13.0. The molecule has 16 heavy (non-hydrogen) atoms. The number of aliphatic hydroxyl groups excluding tert-OH is 1. The fourth-order valence-corrected chi connectivity index (χ4v) is 2.73. The summed E-state index contributed by atoms with van der Waals surface area (Å²) in [5, 5.41) is 9.10. The number of benzene rings is 1. The maximum atomic E-state index is 13.0. The first-order valence-corrected chi connectivity index (χ1v) is 5.94. The van der Waals surface area contributed by atoms with Crippen LogP contribution in [0.25, 0.3) is 11.3 Å². The second kappa shape index (κ2) is 4.57. The van der Waals surface area contributed by atoms with Crippen molar-refractivity contribution in [2.24, 2.45) is 0 Å². The van der Waals surface area contributed by atoms with Gasteiger partial charge in [0.05, 0.1) is 17.2 Å². The van der Waals surface area contributed by atoms with E-state index in [4.69, 9.17) is 5.11 Å². The molecule has 0 amide bonds. The molecular weight excluding hydrogens is 300 g/mol. The summed E-state index contributed by atoms with van der Waals surface area (Å²) in [4.78, 5) is 4.72. The molecule has 2 rings (SSSR count). The van der Waals surface area contributed by atoms with Gasteiger partial charge in [0.2, 0.25) is 0 Å². The van der Waals surface area contributed by atoms with E-state index in [0.717, 1.165) is 12.1 Å². The van der Waals surface area contributed by atoms with Gasteiger partial charge >= 0.3 is 0 Å². The smallest absolute Gasteiger partial charge is 0.160 e. The summed E-state index contributed by atoms with van der Waals surface area (Å²) in [6.45, 7) is -0.183.